The van der Waals surface area contributed by atoms with E-state index < -0.39 is 11.6 Å². The third kappa shape index (κ3) is 1.67. The van der Waals surface area contributed by atoms with Gasteiger partial charge in [-0.25, -0.2) is 18.7 Å². The molecule has 1 heterocycles. The van der Waals surface area contributed by atoms with Gasteiger partial charge in [-0.05, 0) is 12.0 Å². The van der Waals surface area contributed by atoms with E-state index >= 15 is 0 Å². The van der Waals surface area contributed by atoms with E-state index in [0.717, 1.165) is 17.8 Å². The van der Waals surface area contributed by atoms with E-state index in [1.807, 2.05) is 13.8 Å². The van der Waals surface area contributed by atoms with E-state index in [2.05, 4.69) is 9.97 Å². The highest BCUT2D eigenvalue weighted by Gasteiger charge is 2.11. The van der Waals surface area contributed by atoms with Gasteiger partial charge < -0.3 is 0 Å². The van der Waals surface area contributed by atoms with E-state index in [1.54, 1.807) is 0 Å². The number of fused-ring (bicyclic) bond motifs is 1. The zero-order valence-electron chi connectivity index (χ0n) is 8.46. The molecule has 0 atom stereocenters. The molecule has 2 nitrogen and oxygen atoms in total. The van der Waals surface area contributed by atoms with Gasteiger partial charge in [-0.2, -0.15) is 0 Å². The fourth-order valence-electron chi connectivity index (χ4n) is 1.53. The molecule has 0 radical (unpaired) electrons. The number of benzene rings is 1. The Kier molecular flexibility index (Phi) is 2.34. The van der Waals surface area contributed by atoms with Gasteiger partial charge in [-0.3, -0.25) is 0 Å². The van der Waals surface area contributed by atoms with Crippen molar-refractivity contribution in [3.05, 3.63) is 35.8 Å². The first-order valence-corrected chi connectivity index (χ1v) is 4.69. The number of rotatable bonds is 1. The average Bonchev–Trinajstić information content (AvgIpc) is 2.18. The lowest BCUT2D eigenvalue weighted by Crippen LogP contribution is -1.97. The second-order valence-corrected chi connectivity index (χ2v) is 3.70. The quantitative estimate of drug-likeness (QED) is 0.719. The zero-order valence-corrected chi connectivity index (χ0v) is 8.46. The molecule has 0 saturated carbocycles. The van der Waals surface area contributed by atoms with Crippen LogP contribution >= 0.6 is 0 Å². The first kappa shape index (κ1) is 9.96. The van der Waals surface area contributed by atoms with Crippen LogP contribution in [-0.4, -0.2) is 9.97 Å². The predicted molar refractivity (Wildman–Crippen MR) is 53.5 cm³/mol. The lowest BCUT2D eigenvalue weighted by molar-refractivity contribution is 0.510. The minimum Gasteiger partial charge on any atom is -0.240 e. The molecule has 78 valence electrons. The van der Waals surface area contributed by atoms with Gasteiger partial charge in [0.1, 0.15) is 6.33 Å². The summed E-state index contributed by atoms with van der Waals surface area (Å²) in [6.07, 6.45) is 1.37. The fourth-order valence-corrected chi connectivity index (χ4v) is 1.53. The van der Waals surface area contributed by atoms with Crippen LogP contribution in [0.3, 0.4) is 0 Å². The van der Waals surface area contributed by atoms with Gasteiger partial charge in [0, 0.05) is 11.5 Å². The summed E-state index contributed by atoms with van der Waals surface area (Å²) in [5.41, 5.74) is 1.17. The van der Waals surface area contributed by atoms with E-state index in [1.165, 1.54) is 6.33 Å². The first-order valence-electron chi connectivity index (χ1n) is 4.69. The summed E-state index contributed by atoms with van der Waals surface area (Å²) in [4.78, 5) is 7.99. The van der Waals surface area contributed by atoms with Crippen molar-refractivity contribution in [3.8, 4) is 0 Å². The Hall–Kier alpha value is -1.58. The Bertz CT molecular complexity index is 509. The van der Waals surface area contributed by atoms with Crippen LogP contribution in [0.25, 0.3) is 10.9 Å². The van der Waals surface area contributed by atoms with Crippen LogP contribution in [0.1, 0.15) is 25.5 Å². The second kappa shape index (κ2) is 3.53. The maximum Gasteiger partial charge on any atom is 0.161 e. The molecule has 0 fully saturated rings. The molecule has 0 amide bonds. The lowest BCUT2D eigenvalue weighted by atomic mass is 10.0. The first-order chi connectivity index (χ1) is 7.09. The summed E-state index contributed by atoms with van der Waals surface area (Å²) in [5.74, 6) is -1.59. The summed E-state index contributed by atoms with van der Waals surface area (Å²) in [5, 5.41) is 0.575. The van der Waals surface area contributed by atoms with Gasteiger partial charge >= 0.3 is 0 Å². The third-order valence-electron chi connectivity index (χ3n) is 2.26. The minimum atomic E-state index is -0.879. The molecule has 2 rings (SSSR count). The Labute approximate surface area is 86.0 Å². The van der Waals surface area contributed by atoms with Crippen molar-refractivity contribution in [1.82, 2.24) is 9.97 Å². The number of hydrogen-bond acceptors (Lipinski definition) is 2. The Morgan fingerprint density at radius 3 is 2.40 bits per heavy atom. The van der Waals surface area contributed by atoms with Gasteiger partial charge in [-0.15, -0.1) is 0 Å². The summed E-state index contributed by atoms with van der Waals surface area (Å²) >= 11 is 0. The van der Waals surface area contributed by atoms with Crippen LogP contribution < -0.4 is 0 Å². The number of halogens is 2. The molecule has 0 N–H and O–H groups in total. The van der Waals surface area contributed by atoms with Crippen LogP contribution in [0, 0.1) is 11.6 Å². The van der Waals surface area contributed by atoms with Crippen molar-refractivity contribution in [2.24, 2.45) is 0 Å². The molecule has 2 aromatic rings. The van der Waals surface area contributed by atoms with E-state index in [9.17, 15) is 8.78 Å². The number of nitrogens with zero attached hydrogens (tertiary/aromatic N) is 2. The molecular weight excluding hydrogens is 198 g/mol. The molecule has 0 bridgehead atoms. The molecule has 4 heteroatoms. The molecule has 0 unspecified atom stereocenters. The van der Waals surface area contributed by atoms with Crippen molar-refractivity contribution < 1.29 is 8.78 Å². The van der Waals surface area contributed by atoms with Crippen LogP contribution in [0.5, 0.6) is 0 Å². The normalized spacial score (nSPS) is 11.3. The molecule has 0 aliphatic carbocycles. The van der Waals surface area contributed by atoms with E-state index in [0.29, 0.717) is 10.9 Å². The highest BCUT2D eigenvalue weighted by atomic mass is 19.2. The minimum absolute atomic E-state index is 0.153. The maximum absolute atomic E-state index is 13.1. The number of aromatic nitrogens is 2. The van der Waals surface area contributed by atoms with Crippen molar-refractivity contribution in [2.45, 2.75) is 19.8 Å². The largest absolute Gasteiger partial charge is 0.240 e. The Balaban J connectivity index is 2.80. The molecule has 0 spiro atoms. The molecule has 15 heavy (non-hydrogen) atoms. The average molecular weight is 208 g/mol. The molecule has 0 saturated heterocycles. The maximum atomic E-state index is 13.1. The van der Waals surface area contributed by atoms with Gasteiger partial charge in [-0.1, -0.05) is 13.8 Å². The molecule has 1 aromatic heterocycles. The highest BCUT2D eigenvalue weighted by Crippen LogP contribution is 2.23. The summed E-state index contributed by atoms with van der Waals surface area (Å²) in [6, 6.07) is 2.25. The van der Waals surface area contributed by atoms with Crippen molar-refractivity contribution >= 4 is 10.9 Å². The highest BCUT2D eigenvalue weighted by molar-refractivity contribution is 5.81. The number of hydrogen-bond donors (Lipinski definition) is 0. The van der Waals surface area contributed by atoms with E-state index in [4.69, 9.17) is 0 Å². The van der Waals surface area contributed by atoms with Crippen molar-refractivity contribution in [2.75, 3.05) is 0 Å². The Morgan fingerprint density at radius 1 is 1.07 bits per heavy atom. The smallest absolute Gasteiger partial charge is 0.161 e. The molecule has 0 aliphatic rings. The van der Waals surface area contributed by atoms with Crippen LogP contribution in [-0.2, 0) is 0 Å². The standard InChI is InChI=1S/C11H10F2N2/c1-6(2)11-7-3-8(12)9(13)4-10(7)14-5-15-11/h3-6H,1-2H3. The van der Waals surface area contributed by atoms with Gasteiger partial charge in [0.15, 0.2) is 11.6 Å². The van der Waals surface area contributed by atoms with E-state index in [-0.39, 0.29) is 5.92 Å². The van der Waals surface area contributed by atoms with Crippen molar-refractivity contribution in [1.29, 1.82) is 0 Å². The summed E-state index contributed by atoms with van der Waals surface area (Å²) < 4.78 is 26.0. The summed E-state index contributed by atoms with van der Waals surface area (Å²) in [7, 11) is 0. The SMILES string of the molecule is CC(C)c1ncnc2cc(F)c(F)cc12. The predicted octanol–water partition coefficient (Wildman–Crippen LogP) is 3.03. The van der Waals surface area contributed by atoms with Crippen LogP contribution in [0.2, 0.25) is 0 Å². The fraction of sp³-hybridized carbons (Fsp3) is 0.273. The van der Waals surface area contributed by atoms with Gasteiger partial charge in [0.25, 0.3) is 0 Å². The molecule has 0 aliphatic heterocycles. The van der Waals surface area contributed by atoms with Gasteiger partial charge in [0.05, 0.1) is 11.2 Å². The molecular formula is C11H10F2N2. The molecule has 1 aromatic carbocycles. The van der Waals surface area contributed by atoms with Crippen LogP contribution in [0.15, 0.2) is 18.5 Å². The van der Waals surface area contributed by atoms with Gasteiger partial charge in [0.2, 0.25) is 0 Å². The topological polar surface area (TPSA) is 25.8 Å². The van der Waals surface area contributed by atoms with Crippen LogP contribution in [0.4, 0.5) is 8.78 Å². The lowest BCUT2D eigenvalue weighted by Gasteiger charge is -2.07. The third-order valence-corrected chi connectivity index (χ3v) is 2.26. The Morgan fingerprint density at radius 2 is 1.73 bits per heavy atom. The second-order valence-electron chi connectivity index (χ2n) is 3.70. The summed E-state index contributed by atoms with van der Waals surface area (Å²) in [6.45, 7) is 3.89. The van der Waals surface area contributed by atoms with Crippen molar-refractivity contribution in [3.63, 3.8) is 0 Å². The zero-order chi connectivity index (χ0) is 11.0. The monoisotopic (exact) mass is 208 g/mol.